The number of pyridine rings is 1. The number of H-pyrrole nitrogens is 1. The van der Waals surface area contributed by atoms with E-state index in [1.807, 2.05) is 12.1 Å². The minimum absolute atomic E-state index is 0.253. The first-order valence-electron chi connectivity index (χ1n) is 7.47. The van der Waals surface area contributed by atoms with Crippen LogP contribution in [0.1, 0.15) is 12.5 Å². The van der Waals surface area contributed by atoms with E-state index in [0.29, 0.717) is 13.2 Å². The Balaban J connectivity index is 1.90. The number of aromatic amines is 1. The smallest absolute Gasteiger partial charge is 0.168 e. The van der Waals surface area contributed by atoms with Crippen LogP contribution in [0.15, 0.2) is 24.5 Å². The number of ether oxygens (including phenoxy) is 1. The minimum atomic E-state index is 0.253. The number of rotatable bonds is 2. The molecule has 7 nitrogen and oxygen atoms in total. The van der Waals surface area contributed by atoms with Crippen LogP contribution >= 0.6 is 0 Å². The highest BCUT2D eigenvalue weighted by atomic mass is 16.5. The van der Waals surface area contributed by atoms with E-state index in [1.165, 1.54) is 0 Å². The molecule has 1 saturated heterocycles. The van der Waals surface area contributed by atoms with Gasteiger partial charge in [-0.1, -0.05) is 5.92 Å². The van der Waals surface area contributed by atoms with Crippen molar-refractivity contribution in [1.82, 2.24) is 25.0 Å². The second-order valence-electron chi connectivity index (χ2n) is 5.53. The van der Waals surface area contributed by atoms with Crippen LogP contribution in [0, 0.1) is 12.3 Å². The monoisotopic (exact) mass is 308 g/mol. The molecule has 3 aromatic heterocycles. The van der Waals surface area contributed by atoms with Crippen molar-refractivity contribution >= 4 is 16.9 Å². The highest BCUT2D eigenvalue weighted by Crippen LogP contribution is 2.26. The van der Waals surface area contributed by atoms with Gasteiger partial charge in [-0.25, -0.2) is 4.98 Å². The van der Waals surface area contributed by atoms with Crippen LogP contribution in [0.5, 0.6) is 0 Å². The largest absolute Gasteiger partial charge is 0.377 e. The van der Waals surface area contributed by atoms with Crippen molar-refractivity contribution in [3.63, 3.8) is 0 Å². The van der Waals surface area contributed by atoms with Crippen molar-refractivity contribution in [2.45, 2.75) is 13.0 Å². The number of hydrogen-bond donors (Lipinski definition) is 1. The van der Waals surface area contributed by atoms with E-state index in [1.54, 1.807) is 17.1 Å². The fourth-order valence-electron chi connectivity index (χ4n) is 2.86. The molecule has 0 bridgehead atoms. The van der Waals surface area contributed by atoms with Crippen LogP contribution in [0.2, 0.25) is 0 Å². The molecule has 1 aliphatic heterocycles. The number of nitrogens with zero attached hydrogens (tertiary/aromatic N) is 5. The Morgan fingerprint density at radius 1 is 1.48 bits per heavy atom. The number of hydrogen-bond acceptors (Lipinski definition) is 5. The van der Waals surface area contributed by atoms with Crippen molar-refractivity contribution in [2.24, 2.45) is 0 Å². The lowest BCUT2D eigenvalue weighted by Crippen LogP contribution is -2.44. The maximum atomic E-state index is 5.70. The quantitative estimate of drug-likeness (QED) is 0.724. The standard InChI is InChI=1S/C16H16N6O/c1-3-12-8-15(21-6-7-23-10-11(21)2)19-16-13(12)9-18-22(16)14-4-5-17-20-14/h1,4-5,8-9,11H,6-7,10H2,2H3,(H,17,20). The molecule has 0 radical (unpaired) electrons. The number of aromatic nitrogens is 5. The summed E-state index contributed by atoms with van der Waals surface area (Å²) in [5.41, 5.74) is 1.51. The molecule has 116 valence electrons. The van der Waals surface area contributed by atoms with Gasteiger partial charge >= 0.3 is 0 Å². The second kappa shape index (κ2) is 5.41. The van der Waals surface area contributed by atoms with Crippen molar-refractivity contribution in [3.8, 4) is 18.2 Å². The van der Waals surface area contributed by atoms with E-state index in [-0.39, 0.29) is 6.04 Å². The minimum Gasteiger partial charge on any atom is -0.377 e. The lowest BCUT2D eigenvalue weighted by atomic mass is 10.1. The summed E-state index contributed by atoms with van der Waals surface area (Å²) in [6.45, 7) is 4.29. The SMILES string of the molecule is C#Cc1cc(N2CCOCC2C)nc2c1cnn2-c1ccn[nH]1. The zero-order valence-corrected chi connectivity index (χ0v) is 12.7. The third-order valence-electron chi connectivity index (χ3n) is 4.06. The molecule has 3 aromatic rings. The summed E-state index contributed by atoms with van der Waals surface area (Å²) in [4.78, 5) is 7.02. The molecule has 1 atom stereocenters. The molecule has 23 heavy (non-hydrogen) atoms. The Morgan fingerprint density at radius 3 is 3.13 bits per heavy atom. The summed E-state index contributed by atoms with van der Waals surface area (Å²) in [5, 5.41) is 12.1. The van der Waals surface area contributed by atoms with Gasteiger partial charge in [0.1, 0.15) is 5.82 Å². The summed E-state index contributed by atoms with van der Waals surface area (Å²) in [6.07, 6.45) is 9.12. The first-order chi connectivity index (χ1) is 11.3. The molecular weight excluding hydrogens is 292 g/mol. The molecule has 0 saturated carbocycles. The summed E-state index contributed by atoms with van der Waals surface area (Å²) in [7, 11) is 0. The third-order valence-corrected chi connectivity index (χ3v) is 4.06. The Labute approximate surface area is 133 Å². The zero-order chi connectivity index (χ0) is 15.8. The average Bonchev–Trinajstić information content (AvgIpc) is 3.23. The van der Waals surface area contributed by atoms with Crippen LogP contribution in [0.3, 0.4) is 0 Å². The average molecular weight is 308 g/mol. The van der Waals surface area contributed by atoms with Crippen molar-refractivity contribution < 1.29 is 4.74 Å². The fraction of sp³-hybridized carbons (Fsp3) is 0.312. The highest BCUT2D eigenvalue weighted by Gasteiger charge is 2.22. The van der Waals surface area contributed by atoms with E-state index in [2.05, 4.69) is 33.0 Å². The van der Waals surface area contributed by atoms with Gasteiger partial charge in [-0.3, -0.25) is 5.10 Å². The van der Waals surface area contributed by atoms with E-state index < -0.39 is 0 Å². The van der Waals surface area contributed by atoms with Crippen LogP contribution in [-0.2, 0) is 4.74 Å². The Morgan fingerprint density at radius 2 is 2.39 bits per heavy atom. The van der Waals surface area contributed by atoms with Crippen LogP contribution in [0.25, 0.3) is 16.9 Å². The van der Waals surface area contributed by atoms with Crippen LogP contribution in [0.4, 0.5) is 5.82 Å². The molecule has 1 fully saturated rings. The lowest BCUT2D eigenvalue weighted by molar-refractivity contribution is 0.0985. The summed E-state index contributed by atoms with van der Waals surface area (Å²) in [6, 6.07) is 4.04. The molecule has 7 heteroatoms. The molecular formula is C16H16N6O. The van der Waals surface area contributed by atoms with Crippen LogP contribution in [-0.4, -0.2) is 50.8 Å². The summed E-state index contributed by atoms with van der Waals surface area (Å²) in [5.74, 6) is 4.35. The Bertz CT molecular complexity index is 876. The molecule has 4 heterocycles. The van der Waals surface area contributed by atoms with Gasteiger partial charge in [-0.05, 0) is 13.0 Å². The van der Waals surface area contributed by atoms with Gasteiger partial charge < -0.3 is 9.64 Å². The zero-order valence-electron chi connectivity index (χ0n) is 12.7. The number of terminal acetylenes is 1. The van der Waals surface area contributed by atoms with E-state index in [4.69, 9.17) is 16.1 Å². The van der Waals surface area contributed by atoms with E-state index in [0.717, 1.165) is 34.8 Å². The molecule has 4 rings (SSSR count). The van der Waals surface area contributed by atoms with Crippen molar-refractivity contribution in [3.05, 3.63) is 30.1 Å². The second-order valence-corrected chi connectivity index (χ2v) is 5.53. The summed E-state index contributed by atoms with van der Waals surface area (Å²) >= 11 is 0. The van der Waals surface area contributed by atoms with Crippen molar-refractivity contribution in [1.29, 1.82) is 0 Å². The first kappa shape index (κ1) is 13.8. The van der Waals surface area contributed by atoms with Gasteiger partial charge in [-0.2, -0.15) is 14.9 Å². The van der Waals surface area contributed by atoms with Gasteiger partial charge in [-0.15, -0.1) is 6.42 Å². The fourth-order valence-corrected chi connectivity index (χ4v) is 2.86. The summed E-state index contributed by atoms with van der Waals surface area (Å²) < 4.78 is 7.22. The van der Waals surface area contributed by atoms with Gasteiger partial charge in [0.15, 0.2) is 11.5 Å². The normalized spacial score (nSPS) is 18.3. The topological polar surface area (TPSA) is 71.9 Å². The number of morpholine rings is 1. The maximum Gasteiger partial charge on any atom is 0.168 e. The molecule has 0 amide bonds. The molecule has 1 N–H and O–H groups in total. The Kier molecular flexibility index (Phi) is 3.24. The molecule has 0 aliphatic carbocycles. The maximum absolute atomic E-state index is 5.70. The van der Waals surface area contributed by atoms with Gasteiger partial charge in [0.25, 0.3) is 0 Å². The number of anilines is 1. The lowest BCUT2D eigenvalue weighted by Gasteiger charge is -2.34. The highest BCUT2D eigenvalue weighted by molar-refractivity contribution is 5.85. The number of fused-ring (bicyclic) bond motifs is 1. The van der Waals surface area contributed by atoms with E-state index >= 15 is 0 Å². The predicted molar refractivity (Wildman–Crippen MR) is 86.6 cm³/mol. The van der Waals surface area contributed by atoms with Gasteiger partial charge in [0.2, 0.25) is 0 Å². The predicted octanol–water partition coefficient (Wildman–Crippen LogP) is 1.35. The Hall–Kier alpha value is -2.85. The molecule has 1 unspecified atom stereocenters. The van der Waals surface area contributed by atoms with Gasteiger partial charge in [0.05, 0.1) is 37.0 Å². The van der Waals surface area contributed by atoms with Crippen LogP contribution < -0.4 is 4.90 Å². The van der Waals surface area contributed by atoms with Gasteiger partial charge in [0, 0.05) is 18.2 Å². The molecule has 0 spiro atoms. The van der Waals surface area contributed by atoms with Crippen molar-refractivity contribution in [2.75, 3.05) is 24.7 Å². The third kappa shape index (κ3) is 2.24. The van der Waals surface area contributed by atoms with E-state index in [9.17, 15) is 0 Å². The molecule has 1 aliphatic rings. The first-order valence-corrected chi connectivity index (χ1v) is 7.47. The molecule has 0 aromatic carbocycles. The number of nitrogens with one attached hydrogen (secondary N) is 1.